The molecule has 0 radical (unpaired) electrons. The Morgan fingerprint density at radius 2 is 2.27 bits per heavy atom. The lowest BCUT2D eigenvalue weighted by Gasteiger charge is -2.37. The fraction of sp³-hybridized carbons (Fsp3) is 0.889. The van der Waals surface area contributed by atoms with Gasteiger partial charge in [-0.3, -0.25) is 0 Å². The molecule has 2 atom stereocenters. The fourth-order valence-electron chi connectivity index (χ4n) is 2.12. The summed E-state index contributed by atoms with van der Waals surface area (Å²) < 4.78 is 1.72. The van der Waals surface area contributed by atoms with Gasteiger partial charge in [0.2, 0.25) is 5.95 Å². The van der Waals surface area contributed by atoms with Crippen LogP contribution in [0.25, 0.3) is 0 Å². The molecule has 2 N–H and O–H groups in total. The summed E-state index contributed by atoms with van der Waals surface area (Å²) in [6, 6.07) is 0.498. The van der Waals surface area contributed by atoms with Gasteiger partial charge in [0.05, 0.1) is 0 Å². The summed E-state index contributed by atoms with van der Waals surface area (Å²) in [5.74, 6) is 1.42. The highest BCUT2D eigenvalue weighted by Gasteiger charge is 2.27. The Kier molecular flexibility index (Phi) is 2.86. The number of rotatable bonds is 2. The van der Waals surface area contributed by atoms with Gasteiger partial charge >= 0.3 is 0 Å². The predicted octanol–water partition coefficient (Wildman–Crippen LogP) is -0.226. The first-order valence-electron chi connectivity index (χ1n) is 5.41. The standard InChI is InChI=1S/C9H18N6/c1-7-3-4-8(5-10)6-15(7)9-11-12-13-14(9)2/h7-8H,3-6,10H2,1-2H3. The van der Waals surface area contributed by atoms with Crippen LogP contribution in [0, 0.1) is 5.92 Å². The normalized spacial score (nSPS) is 27.0. The van der Waals surface area contributed by atoms with E-state index in [1.165, 1.54) is 6.42 Å². The van der Waals surface area contributed by atoms with Gasteiger partial charge in [0.25, 0.3) is 0 Å². The number of hydrogen-bond acceptors (Lipinski definition) is 5. The summed E-state index contributed by atoms with van der Waals surface area (Å²) in [5.41, 5.74) is 5.72. The van der Waals surface area contributed by atoms with Crippen LogP contribution in [0.1, 0.15) is 19.8 Å². The van der Waals surface area contributed by atoms with E-state index >= 15 is 0 Å². The Morgan fingerprint density at radius 3 is 2.87 bits per heavy atom. The Balaban J connectivity index is 2.16. The lowest BCUT2D eigenvalue weighted by molar-refractivity contribution is 0.366. The molecule has 1 aliphatic heterocycles. The minimum absolute atomic E-state index is 0.498. The highest BCUT2D eigenvalue weighted by Crippen LogP contribution is 2.24. The Labute approximate surface area is 89.4 Å². The third-order valence-corrected chi connectivity index (χ3v) is 3.17. The molecule has 1 saturated heterocycles. The molecule has 2 rings (SSSR count). The second kappa shape index (κ2) is 4.14. The number of nitrogens with zero attached hydrogens (tertiary/aromatic N) is 5. The third kappa shape index (κ3) is 1.94. The summed E-state index contributed by atoms with van der Waals surface area (Å²) in [5, 5.41) is 11.6. The maximum atomic E-state index is 5.72. The molecule has 6 nitrogen and oxygen atoms in total. The quantitative estimate of drug-likeness (QED) is 0.730. The van der Waals surface area contributed by atoms with Crippen LogP contribution in [0.3, 0.4) is 0 Å². The van der Waals surface area contributed by atoms with Gasteiger partial charge in [-0.05, 0) is 42.7 Å². The van der Waals surface area contributed by atoms with Crippen molar-refractivity contribution in [1.29, 1.82) is 0 Å². The molecule has 0 aliphatic carbocycles. The Morgan fingerprint density at radius 1 is 1.47 bits per heavy atom. The van der Waals surface area contributed by atoms with E-state index in [0.717, 1.165) is 25.5 Å². The van der Waals surface area contributed by atoms with Crippen LogP contribution in [-0.2, 0) is 7.05 Å². The molecule has 84 valence electrons. The Hall–Kier alpha value is -1.17. The van der Waals surface area contributed by atoms with Crippen molar-refractivity contribution in [3.05, 3.63) is 0 Å². The van der Waals surface area contributed by atoms with Crippen molar-refractivity contribution in [3.8, 4) is 0 Å². The van der Waals surface area contributed by atoms with Crippen molar-refractivity contribution in [3.63, 3.8) is 0 Å². The second-order valence-electron chi connectivity index (χ2n) is 4.28. The summed E-state index contributed by atoms with van der Waals surface area (Å²) in [4.78, 5) is 2.25. The zero-order chi connectivity index (χ0) is 10.8. The highest BCUT2D eigenvalue weighted by atomic mass is 15.6. The molecule has 2 unspecified atom stereocenters. The third-order valence-electron chi connectivity index (χ3n) is 3.17. The molecule has 0 amide bonds. The van der Waals surface area contributed by atoms with Crippen molar-refractivity contribution < 1.29 is 0 Å². The number of piperidine rings is 1. The average molecular weight is 210 g/mol. The summed E-state index contributed by atoms with van der Waals surface area (Å²) >= 11 is 0. The van der Waals surface area contributed by atoms with E-state index in [1.807, 2.05) is 7.05 Å². The maximum absolute atomic E-state index is 5.72. The van der Waals surface area contributed by atoms with Gasteiger partial charge in [0, 0.05) is 19.6 Å². The molecule has 1 fully saturated rings. The van der Waals surface area contributed by atoms with Crippen LogP contribution in [0.15, 0.2) is 0 Å². The topological polar surface area (TPSA) is 72.9 Å². The van der Waals surface area contributed by atoms with E-state index in [4.69, 9.17) is 5.73 Å². The van der Waals surface area contributed by atoms with Crippen molar-refractivity contribution in [2.45, 2.75) is 25.8 Å². The van der Waals surface area contributed by atoms with Gasteiger partial charge in [-0.25, -0.2) is 4.68 Å². The first-order valence-corrected chi connectivity index (χ1v) is 5.41. The molecule has 0 saturated carbocycles. The van der Waals surface area contributed by atoms with Gasteiger partial charge in [-0.15, -0.1) is 0 Å². The Bertz CT molecular complexity index is 322. The minimum Gasteiger partial charge on any atom is -0.337 e. The van der Waals surface area contributed by atoms with Crippen molar-refractivity contribution in [2.24, 2.45) is 18.7 Å². The number of tetrazole rings is 1. The first-order chi connectivity index (χ1) is 7.22. The van der Waals surface area contributed by atoms with Gasteiger partial charge in [-0.2, -0.15) is 0 Å². The van der Waals surface area contributed by atoms with E-state index in [9.17, 15) is 0 Å². The first kappa shape index (κ1) is 10.4. The predicted molar refractivity (Wildman–Crippen MR) is 57.4 cm³/mol. The number of anilines is 1. The lowest BCUT2D eigenvalue weighted by atomic mass is 9.94. The van der Waals surface area contributed by atoms with E-state index < -0.39 is 0 Å². The highest BCUT2D eigenvalue weighted by molar-refractivity contribution is 5.30. The van der Waals surface area contributed by atoms with E-state index in [-0.39, 0.29) is 0 Å². The number of nitrogens with two attached hydrogens (primary N) is 1. The van der Waals surface area contributed by atoms with Crippen LogP contribution in [0.5, 0.6) is 0 Å². The van der Waals surface area contributed by atoms with Crippen LogP contribution in [0.2, 0.25) is 0 Å². The molecule has 1 aromatic heterocycles. The van der Waals surface area contributed by atoms with Crippen LogP contribution < -0.4 is 10.6 Å². The molecular weight excluding hydrogens is 192 g/mol. The van der Waals surface area contributed by atoms with Gasteiger partial charge < -0.3 is 10.6 Å². The molecule has 0 aromatic carbocycles. The largest absolute Gasteiger partial charge is 0.337 e. The molecular formula is C9H18N6. The van der Waals surface area contributed by atoms with Crippen LogP contribution in [-0.4, -0.2) is 39.3 Å². The molecule has 15 heavy (non-hydrogen) atoms. The van der Waals surface area contributed by atoms with E-state index in [2.05, 4.69) is 27.3 Å². The number of aromatic nitrogens is 4. The van der Waals surface area contributed by atoms with Gasteiger partial charge in [-0.1, -0.05) is 5.10 Å². The van der Waals surface area contributed by atoms with E-state index in [0.29, 0.717) is 12.0 Å². The zero-order valence-corrected chi connectivity index (χ0v) is 9.30. The van der Waals surface area contributed by atoms with E-state index in [1.54, 1.807) is 4.68 Å². The van der Waals surface area contributed by atoms with Gasteiger partial charge in [0.15, 0.2) is 0 Å². The monoisotopic (exact) mass is 210 g/mol. The zero-order valence-electron chi connectivity index (χ0n) is 9.30. The maximum Gasteiger partial charge on any atom is 0.245 e. The molecule has 1 aromatic rings. The average Bonchev–Trinajstić information content (AvgIpc) is 2.65. The van der Waals surface area contributed by atoms with Crippen molar-refractivity contribution in [1.82, 2.24) is 20.2 Å². The molecule has 6 heteroatoms. The summed E-state index contributed by atoms with van der Waals surface area (Å²) in [6.45, 7) is 3.92. The molecule has 0 bridgehead atoms. The molecule has 0 spiro atoms. The molecule has 2 heterocycles. The second-order valence-corrected chi connectivity index (χ2v) is 4.28. The number of hydrogen-bond donors (Lipinski definition) is 1. The lowest BCUT2D eigenvalue weighted by Crippen LogP contribution is -2.45. The SMILES string of the molecule is CC1CCC(CN)CN1c1nnnn1C. The summed E-state index contributed by atoms with van der Waals surface area (Å²) in [7, 11) is 1.87. The fourth-order valence-corrected chi connectivity index (χ4v) is 2.12. The summed E-state index contributed by atoms with van der Waals surface area (Å²) in [6.07, 6.45) is 2.37. The van der Waals surface area contributed by atoms with Crippen molar-refractivity contribution in [2.75, 3.05) is 18.0 Å². The van der Waals surface area contributed by atoms with Gasteiger partial charge in [0.1, 0.15) is 0 Å². The van der Waals surface area contributed by atoms with Crippen molar-refractivity contribution >= 4 is 5.95 Å². The van der Waals surface area contributed by atoms with Crippen LogP contribution in [0.4, 0.5) is 5.95 Å². The van der Waals surface area contributed by atoms with Crippen LogP contribution >= 0.6 is 0 Å². The minimum atomic E-state index is 0.498. The smallest absolute Gasteiger partial charge is 0.245 e. The number of aryl methyl sites for hydroxylation is 1. The molecule has 1 aliphatic rings.